The van der Waals surface area contributed by atoms with Gasteiger partial charge in [0.2, 0.25) is 11.7 Å². The van der Waals surface area contributed by atoms with Crippen LogP contribution in [0, 0.1) is 0 Å². The molecule has 8 nitrogen and oxygen atoms in total. The normalized spacial score (nSPS) is 11.1. The third kappa shape index (κ3) is 3.33. The van der Waals surface area contributed by atoms with Gasteiger partial charge in [-0.2, -0.15) is 4.98 Å². The van der Waals surface area contributed by atoms with Crippen LogP contribution >= 0.6 is 0 Å². The Bertz CT molecular complexity index is 1060. The Morgan fingerprint density at radius 2 is 1.81 bits per heavy atom. The molecule has 0 bridgehead atoms. The van der Waals surface area contributed by atoms with Crippen LogP contribution in [0.2, 0.25) is 0 Å². The zero-order chi connectivity index (χ0) is 18.8. The minimum atomic E-state index is 0.482. The molecular weight excluding hydrogens is 346 g/mol. The third-order valence-corrected chi connectivity index (χ3v) is 4.28. The highest BCUT2D eigenvalue weighted by Crippen LogP contribution is 2.25. The van der Waals surface area contributed by atoms with Gasteiger partial charge in [-0.3, -0.25) is 4.40 Å². The first-order valence-electron chi connectivity index (χ1n) is 8.58. The van der Waals surface area contributed by atoms with Crippen LogP contribution in [0.15, 0.2) is 41.1 Å². The van der Waals surface area contributed by atoms with Gasteiger partial charge < -0.3 is 14.0 Å². The first-order chi connectivity index (χ1) is 13.2. The van der Waals surface area contributed by atoms with E-state index < -0.39 is 0 Å². The summed E-state index contributed by atoms with van der Waals surface area (Å²) in [5, 5.41) is 12.4. The molecule has 0 atom stereocenters. The highest BCUT2D eigenvalue weighted by Gasteiger charge is 2.13. The molecule has 3 aromatic heterocycles. The van der Waals surface area contributed by atoms with Crippen molar-refractivity contribution in [3.05, 3.63) is 53.8 Å². The quantitative estimate of drug-likeness (QED) is 0.519. The Balaban J connectivity index is 1.62. The van der Waals surface area contributed by atoms with Crippen molar-refractivity contribution in [2.75, 3.05) is 14.2 Å². The van der Waals surface area contributed by atoms with Gasteiger partial charge in [-0.05, 0) is 29.8 Å². The number of pyridine rings is 1. The zero-order valence-corrected chi connectivity index (χ0v) is 15.3. The molecule has 0 fully saturated rings. The van der Waals surface area contributed by atoms with Gasteiger partial charge in [-0.25, -0.2) is 0 Å². The molecule has 1 aromatic carbocycles. The monoisotopic (exact) mass is 365 g/mol. The number of methoxy groups -OCH3 is 2. The molecule has 0 unspecified atom stereocenters. The Morgan fingerprint density at radius 3 is 2.52 bits per heavy atom. The van der Waals surface area contributed by atoms with E-state index in [1.54, 1.807) is 14.2 Å². The summed E-state index contributed by atoms with van der Waals surface area (Å²) in [6.07, 6.45) is 3.20. The average molecular weight is 365 g/mol. The van der Waals surface area contributed by atoms with E-state index in [1.807, 2.05) is 47.9 Å². The fourth-order valence-electron chi connectivity index (χ4n) is 2.90. The van der Waals surface area contributed by atoms with Crippen LogP contribution in [0.3, 0.4) is 0 Å². The smallest absolute Gasteiger partial charge is 0.231 e. The highest BCUT2D eigenvalue weighted by atomic mass is 16.5. The number of rotatable bonds is 6. The molecule has 138 valence electrons. The minimum Gasteiger partial charge on any atom is -0.497 e. The van der Waals surface area contributed by atoms with Crippen molar-refractivity contribution in [1.29, 1.82) is 0 Å². The topological polar surface area (TPSA) is 87.6 Å². The maximum atomic E-state index is 5.44. The van der Waals surface area contributed by atoms with Crippen molar-refractivity contribution in [2.45, 2.75) is 19.8 Å². The van der Waals surface area contributed by atoms with E-state index in [-0.39, 0.29) is 0 Å². The molecule has 4 aromatic rings. The van der Waals surface area contributed by atoms with E-state index in [9.17, 15) is 0 Å². The summed E-state index contributed by atoms with van der Waals surface area (Å²) in [5.74, 6) is 3.36. The van der Waals surface area contributed by atoms with Gasteiger partial charge in [0, 0.05) is 24.2 Å². The van der Waals surface area contributed by atoms with E-state index >= 15 is 0 Å². The van der Waals surface area contributed by atoms with Crippen LogP contribution in [-0.2, 0) is 12.8 Å². The number of nitrogens with zero attached hydrogens (tertiary/aromatic N) is 5. The second-order valence-corrected chi connectivity index (χ2v) is 6.03. The molecule has 8 heteroatoms. The summed E-state index contributed by atoms with van der Waals surface area (Å²) in [6.45, 7) is 2.04. The summed E-state index contributed by atoms with van der Waals surface area (Å²) < 4.78 is 18.0. The first kappa shape index (κ1) is 17.0. The van der Waals surface area contributed by atoms with Gasteiger partial charge in [0.05, 0.1) is 20.6 Å². The molecule has 4 rings (SSSR count). The van der Waals surface area contributed by atoms with E-state index in [1.165, 1.54) is 0 Å². The summed E-state index contributed by atoms with van der Waals surface area (Å²) in [4.78, 5) is 4.52. The molecule has 0 N–H and O–H groups in total. The SMILES string of the molecule is CCc1nnc2ccc(-c3noc(Cc4cc(OC)cc(OC)c4)n3)cn12. The molecule has 0 spiro atoms. The molecule has 0 saturated carbocycles. The number of hydrogen-bond donors (Lipinski definition) is 0. The number of aryl methyl sites for hydroxylation is 1. The van der Waals surface area contributed by atoms with Crippen LogP contribution in [0.1, 0.15) is 24.2 Å². The largest absolute Gasteiger partial charge is 0.497 e. The van der Waals surface area contributed by atoms with Crippen molar-refractivity contribution >= 4 is 5.65 Å². The standard InChI is InChI=1S/C19H19N5O3/c1-4-16-21-22-17-6-5-13(11-24(16)17)19-20-18(27-23-19)9-12-7-14(25-2)10-15(8-12)26-3/h5-8,10-11H,4,9H2,1-3H3. The summed E-state index contributed by atoms with van der Waals surface area (Å²) in [7, 11) is 3.24. The maximum Gasteiger partial charge on any atom is 0.231 e. The summed E-state index contributed by atoms with van der Waals surface area (Å²) >= 11 is 0. The van der Waals surface area contributed by atoms with Gasteiger partial charge in [-0.1, -0.05) is 12.1 Å². The second-order valence-electron chi connectivity index (χ2n) is 6.03. The molecule has 3 heterocycles. The molecule has 0 aliphatic rings. The lowest BCUT2D eigenvalue weighted by atomic mass is 10.1. The molecule has 0 saturated heterocycles. The molecule has 0 aliphatic carbocycles. The van der Waals surface area contributed by atoms with Crippen LogP contribution in [0.5, 0.6) is 11.5 Å². The van der Waals surface area contributed by atoms with Crippen molar-refractivity contribution in [1.82, 2.24) is 24.7 Å². The van der Waals surface area contributed by atoms with Gasteiger partial charge in [-0.15, -0.1) is 10.2 Å². The second kappa shape index (κ2) is 7.06. The first-order valence-corrected chi connectivity index (χ1v) is 8.58. The van der Waals surface area contributed by atoms with Gasteiger partial charge in [0.25, 0.3) is 0 Å². The Kier molecular flexibility index (Phi) is 4.45. The van der Waals surface area contributed by atoms with Crippen molar-refractivity contribution in [3.8, 4) is 22.9 Å². The molecule has 27 heavy (non-hydrogen) atoms. The van der Waals surface area contributed by atoms with Crippen LogP contribution in [-0.4, -0.2) is 39.0 Å². The Hall–Kier alpha value is -3.42. The van der Waals surface area contributed by atoms with E-state index in [4.69, 9.17) is 14.0 Å². The maximum absolute atomic E-state index is 5.44. The van der Waals surface area contributed by atoms with Gasteiger partial charge in [0.15, 0.2) is 5.65 Å². The lowest BCUT2D eigenvalue weighted by Crippen LogP contribution is -1.94. The van der Waals surface area contributed by atoms with Crippen molar-refractivity contribution in [3.63, 3.8) is 0 Å². The van der Waals surface area contributed by atoms with Gasteiger partial charge >= 0.3 is 0 Å². The fraction of sp³-hybridized carbons (Fsp3) is 0.263. The van der Waals surface area contributed by atoms with Crippen LogP contribution < -0.4 is 9.47 Å². The Morgan fingerprint density at radius 1 is 1.04 bits per heavy atom. The molecule has 0 amide bonds. The molecule has 0 radical (unpaired) electrons. The lowest BCUT2D eigenvalue weighted by Gasteiger charge is -2.06. The Labute approximate surface area is 155 Å². The van der Waals surface area contributed by atoms with E-state index in [0.717, 1.165) is 29.0 Å². The van der Waals surface area contributed by atoms with Gasteiger partial charge in [0.1, 0.15) is 17.3 Å². The average Bonchev–Trinajstić information content (AvgIpc) is 3.33. The lowest BCUT2D eigenvalue weighted by molar-refractivity contribution is 0.382. The highest BCUT2D eigenvalue weighted by molar-refractivity contribution is 5.57. The van der Waals surface area contributed by atoms with Crippen LogP contribution in [0.25, 0.3) is 17.0 Å². The summed E-state index contributed by atoms with van der Waals surface area (Å²) in [6, 6.07) is 9.46. The van der Waals surface area contributed by atoms with Crippen LogP contribution in [0.4, 0.5) is 0 Å². The van der Waals surface area contributed by atoms with E-state index in [2.05, 4.69) is 20.3 Å². The molecular formula is C19H19N5O3. The summed E-state index contributed by atoms with van der Waals surface area (Å²) in [5.41, 5.74) is 2.60. The number of hydrogen-bond acceptors (Lipinski definition) is 7. The fourth-order valence-corrected chi connectivity index (χ4v) is 2.90. The minimum absolute atomic E-state index is 0.482. The van der Waals surface area contributed by atoms with Crippen molar-refractivity contribution in [2.24, 2.45) is 0 Å². The number of aromatic nitrogens is 5. The van der Waals surface area contributed by atoms with E-state index in [0.29, 0.717) is 29.6 Å². The predicted molar refractivity (Wildman–Crippen MR) is 98.0 cm³/mol. The predicted octanol–water partition coefficient (Wildman–Crippen LogP) is 2.95. The third-order valence-electron chi connectivity index (χ3n) is 4.28. The number of benzene rings is 1. The van der Waals surface area contributed by atoms with Crippen molar-refractivity contribution < 1.29 is 14.0 Å². The molecule has 0 aliphatic heterocycles. The number of fused-ring (bicyclic) bond motifs is 1. The zero-order valence-electron chi connectivity index (χ0n) is 15.3. The number of ether oxygens (including phenoxy) is 2.